The van der Waals surface area contributed by atoms with Gasteiger partial charge in [0.1, 0.15) is 9.96 Å². The molecule has 2 aromatic rings. The molecule has 6 heteroatoms. The summed E-state index contributed by atoms with van der Waals surface area (Å²) in [5, 5.41) is 1.74. The van der Waals surface area contributed by atoms with Crippen molar-refractivity contribution < 1.29 is 13.2 Å². The molecule has 2 rings (SSSR count). The molecule has 0 aliphatic carbocycles. The third kappa shape index (κ3) is 3.10. The van der Waals surface area contributed by atoms with Crippen molar-refractivity contribution >= 4 is 21.4 Å². The van der Waals surface area contributed by atoms with Crippen molar-refractivity contribution in [1.82, 2.24) is 4.72 Å². The maximum atomic E-state index is 11.9. The van der Waals surface area contributed by atoms with Crippen LogP contribution < -0.4 is 9.46 Å². The van der Waals surface area contributed by atoms with E-state index in [1.807, 2.05) is 18.2 Å². The summed E-state index contributed by atoms with van der Waals surface area (Å²) in [4.78, 5) is 0. The quantitative estimate of drug-likeness (QED) is 0.915. The predicted octanol–water partition coefficient (Wildman–Crippen LogP) is 2.24. The minimum atomic E-state index is -3.41. The molecule has 0 spiro atoms. The third-order valence-electron chi connectivity index (χ3n) is 2.36. The Kier molecular flexibility index (Phi) is 4.00. The molecule has 0 bridgehead atoms. The average Bonchev–Trinajstić information content (AvgIpc) is 2.91. The van der Waals surface area contributed by atoms with E-state index in [0.29, 0.717) is 9.96 Å². The molecule has 96 valence electrons. The van der Waals surface area contributed by atoms with Gasteiger partial charge >= 0.3 is 0 Å². The van der Waals surface area contributed by atoms with Gasteiger partial charge in [-0.25, -0.2) is 13.1 Å². The maximum Gasteiger partial charge on any atom is 0.250 e. The largest absolute Gasteiger partial charge is 0.497 e. The molecule has 0 unspecified atom stereocenters. The zero-order valence-electron chi connectivity index (χ0n) is 9.79. The first-order valence-electron chi connectivity index (χ1n) is 5.28. The molecule has 0 radical (unpaired) electrons. The van der Waals surface area contributed by atoms with E-state index in [1.165, 1.54) is 11.3 Å². The Balaban J connectivity index is 2.07. The van der Waals surface area contributed by atoms with Crippen molar-refractivity contribution in [3.8, 4) is 5.75 Å². The summed E-state index contributed by atoms with van der Waals surface area (Å²) < 4.78 is 31.7. The van der Waals surface area contributed by atoms with Crippen LogP contribution in [-0.4, -0.2) is 15.5 Å². The molecule has 0 aliphatic rings. The zero-order valence-corrected chi connectivity index (χ0v) is 11.4. The first-order valence-corrected chi connectivity index (χ1v) is 7.64. The van der Waals surface area contributed by atoms with Crippen molar-refractivity contribution in [3.63, 3.8) is 0 Å². The molecule has 4 nitrogen and oxygen atoms in total. The monoisotopic (exact) mass is 283 g/mol. The van der Waals surface area contributed by atoms with Crippen molar-refractivity contribution in [3.05, 3.63) is 47.3 Å². The molecular formula is C12H13NO3S2. The molecule has 0 saturated carbocycles. The number of rotatable bonds is 5. The first-order chi connectivity index (χ1) is 8.62. The summed E-state index contributed by atoms with van der Waals surface area (Å²) in [6, 6.07) is 10.6. The van der Waals surface area contributed by atoms with E-state index >= 15 is 0 Å². The molecule has 18 heavy (non-hydrogen) atoms. The van der Waals surface area contributed by atoms with Crippen LogP contribution in [0.15, 0.2) is 46.0 Å². The number of nitrogens with one attached hydrogen (secondary N) is 1. The molecular weight excluding hydrogens is 270 g/mol. The van der Waals surface area contributed by atoms with Crippen LogP contribution in [0.25, 0.3) is 0 Å². The highest BCUT2D eigenvalue weighted by Gasteiger charge is 2.14. The Bertz CT molecular complexity index is 606. The van der Waals surface area contributed by atoms with E-state index in [4.69, 9.17) is 4.74 Å². The van der Waals surface area contributed by atoms with E-state index in [9.17, 15) is 8.42 Å². The topological polar surface area (TPSA) is 55.4 Å². The zero-order chi connectivity index (χ0) is 13.0. The number of benzene rings is 1. The summed E-state index contributed by atoms with van der Waals surface area (Å²) in [5.74, 6) is 0.711. The molecule has 1 aromatic carbocycles. The highest BCUT2D eigenvalue weighted by molar-refractivity contribution is 7.91. The van der Waals surface area contributed by atoms with E-state index in [1.54, 1.807) is 30.7 Å². The molecule has 0 amide bonds. The van der Waals surface area contributed by atoms with Crippen molar-refractivity contribution in [2.45, 2.75) is 10.8 Å². The predicted molar refractivity (Wildman–Crippen MR) is 71.3 cm³/mol. The second-order valence-electron chi connectivity index (χ2n) is 3.61. The summed E-state index contributed by atoms with van der Waals surface area (Å²) in [6.45, 7) is 0.247. The second kappa shape index (κ2) is 5.51. The van der Waals surface area contributed by atoms with Crippen LogP contribution >= 0.6 is 11.3 Å². The molecule has 0 fully saturated rings. The van der Waals surface area contributed by atoms with Gasteiger partial charge in [0.25, 0.3) is 0 Å². The van der Waals surface area contributed by atoms with E-state index in [2.05, 4.69) is 4.72 Å². The fourth-order valence-electron chi connectivity index (χ4n) is 1.45. The van der Waals surface area contributed by atoms with Crippen LogP contribution in [0.5, 0.6) is 5.75 Å². The molecule has 1 N–H and O–H groups in total. The maximum absolute atomic E-state index is 11.9. The molecule has 1 aromatic heterocycles. The minimum Gasteiger partial charge on any atom is -0.497 e. The van der Waals surface area contributed by atoms with Gasteiger partial charge < -0.3 is 4.74 Å². The van der Waals surface area contributed by atoms with Gasteiger partial charge in [0.15, 0.2) is 0 Å². The van der Waals surface area contributed by atoms with E-state index in [-0.39, 0.29) is 6.54 Å². The third-order valence-corrected chi connectivity index (χ3v) is 5.16. The second-order valence-corrected chi connectivity index (χ2v) is 6.55. The normalized spacial score (nSPS) is 11.4. The molecule has 0 saturated heterocycles. The lowest BCUT2D eigenvalue weighted by molar-refractivity contribution is 0.414. The van der Waals surface area contributed by atoms with Crippen LogP contribution in [0.4, 0.5) is 0 Å². The Morgan fingerprint density at radius 1 is 1.28 bits per heavy atom. The lowest BCUT2D eigenvalue weighted by Crippen LogP contribution is -2.22. The van der Waals surface area contributed by atoms with Gasteiger partial charge in [-0.15, -0.1) is 11.3 Å². The Hall–Kier alpha value is -1.37. The summed E-state index contributed by atoms with van der Waals surface area (Å²) in [5.41, 5.74) is 0.856. The number of hydrogen-bond acceptors (Lipinski definition) is 4. The lowest BCUT2D eigenvalue weighted by Gasteiger charge is -2.06. The van der Waals surface area contributed by atoms with Crippen LogP contribution in [0.3, 0.4) is 0 Å². The van der Waals surface area contributed by atoms with E-state index in [0.717, 1.165) is 5.56 Å². The van der Waals surface area contributed by atoms with Gasteiger partial charge in [-0.2, -0.15) is 0 Å². The molecule has 0 aliphatic heterocycles. The van der Waals surface area contributed by atoms with Crippen molar-refractivity contribution in [2.24, 2.45) is 0 Å². The number of methoxy groups -OCH3 is 1. The van der Waals surface area contributed by atoms with Gasteiger partial charge in [-0.3, -0.25) is 0 Å². The van der Waals surface area contributed by atoms with Gasteiger partial charge in [0, 0.05) is 6.54 Å². The van der Waals surface area contributed by atoms with E-state index < -0.39 is 10.0 Å². The Morgan fingerprint density at radius 3 is 2.78 bits per heavy atom. The lowest BCUT2D eigenvalue weighted by atomic mass is 10.2. The smallest absolute Gasteiger partial charge is 0.250 e. The summed E-state index contributed by atoms with van der Waals surface area (Å²) in [6.07, 6.45) is 0. The standard InChI is InChI=1S/C12H13NO3S2/c1-16-11-5-2-4-10(8-11)9-13-18(14,15)12-6-3-7-17-12/h2-8,13H,9H2,1H3. The first kappa shape index (κ1) is 13.1. The Labute approximate surface area is 110 Å². The summed E-state index contributed by atoms with van der Waals surface area (Å²) >= 11 is 1.20. The Morgan fingerprint density at radius 2 is 2.11 bits per heavy atom. The van der Waals surface area contributed by atoms with Crippen LogP contribution in [0.2, 0.25) is 0 Å². The fourth-order valence-corrected chi connectivity index (χ4v) is 3.50. The van der Waals surface area contributed by atoms with Gasteiger partial charge in [-0.05, 0) is 29.1 Å². The highest BCUT2D eigenvalue weighted by atomic mass is 32.2. The van der Waals surface area contributed by atoms with Crippen molar-refractivity contribution in [2.75, 3.05) is 7.11 Å². The van der Waals surface area contributed by atoms with Crippen LogP contribution in [0.1, 0.15) is 5.56 Å². The fraction of sp³-hybridized carbons (Fsp3) is 0.167. The number of sulfonamides is 1. The number of hydrogen-bond donors (Lipinski definition) is 1. The van der Waals surface area contributed by atoms with Gasteiger partial charge in [0.05, 0.1) is 7.11 Å². The van der Waals surface area contributed by atoms with Crippen molar-refractivity contribution in [1.29, 1.82) is 0 Å². The van der Waals surface area contributed by atoms with Gasteiger partial charge in [-0.1, -0.05) is 18.2 Å². The molecule has 0 atom stereocenters. The summed E-state index contributed by atoms with van der Waals surface area (Å²) in [7, 11) is -1.83. The van der Waals surface area contributed by atoms with Gasteiger partial charge in [0.2, 0.25) is 10.0 Å². The minimum absolute atomic E-state index is 0.247. The van der Waals surface area contributed by atoms with Crippen LogP contribution in [0, 0.1) is 0 Å². The average molecular weight is 283 g/mol. The molecule has 1 heterocycles. The highest BCUT2D eigenvalue weighted by Crippen LogP contribution is 2.17. The number of ether oxygens (including phenoxy) is 1. The SMILES string of the molecule is COc1cccc(CNS(=O)(=O)c2cccs2)c1. The number of thiophene rings is 1. The van der Waals surface area contributed by atoms with Crippen LogP contribution in [-0.2, 0) is 16.6 Å².